The summed E-state index contributed by atoms with van der Waals surface area (Å²) in [6.45, 7) is 3.05. The van der Waals surface area contributed by atoms with Crippen LogP contribution in [0.3, 0.4) is 0 Å². The van der Waals surface area contributed by atoms with Crippen molar-refractivity contribution in [2.75, 3.05) is 32.1 Å². The van der Waals surface area contributed by atoms with Gasteiger partial charge in [-0.2, -0.15) is 0 Å². The Labute approximate surface area is 136 Å². The van der Waals surface area contributed by atoms with Gasteiger partial charge in [-0.05, 0) is 20.4 Å². The van der Waals surface area contributed by atoms with E-state index >= 15 is 0 Å². The van der Waals surface area contributed by atoms with Gasteiger partial charge >= 0.3 is 0 Å². The van der Waals surface area contributed by atoms with Crippen molar-refractivity contribution in [2.45, 2.75) is 32.4 Å². The fraction of sp³-hybridized carbons (Fsp3) is 0.714. The van der Waals surface area contributed by atoms with E-state index in [2.05, 4.69) is 4.98 Å². The molecular formula is C14H23N3O3S2. The van der Waals surface area contributed by atoms with E-state index in [9.17, 15) is 13.2 Å². The molecule has 1 amide bonds. The molecule has 1 saturated heterocycles. The Morgan fingerprint density at radius 1 is 1.45 bits per heavy atom. The van der Waals surface area contributed by atoms with Gasteiger partial charge in [0.2, 0.25) is 5.91 Å². The highest BCUT2D eigenvalue weighted by molar-refractivity contribution is 7.91. The van der Waals surface area contributed by atoms with Gasteiger partial charge < -0.3 is 9.80 Å². The predicted octanol–water partition coefficient (Wildman–Crippen LogP) is 0.919. The van der Waals surface area contributed by atoms with Gasteiger partial charge in [-0.3, -0.25) is 4.79 Å². The Balaban J connectivity index is 1.77. The number of nitrogens with zero attached hydrogens (tertiary/aromatic N) is 3. The van der Waals surface area contributed by atoms with E-state index in [1.807, 2.05) is 24.3 Å². The van der Waals surface area contributed by atoms with Crippen LogP contribution in [-0.4, -0.2) is 67.3 Å². The number of thiazole rings is 1. The zero-order valence-electron chi connectivity index (χ0n) is 13.3. The highest BCUT2D eigenvalue weighted by Gasteiger charge is 2.30. The summed E-state index contributed by atoms with van der Waals surface area (Å²) in [5.41, 5.74) is 0.911. The van der Waals surface area contributed by atoms with Crippen LogP contribution in [0.1, 0.15) is 23.5 Å². The molecule has 2 heterocycles. The van der Waals surface area contributed by atoms with Crippen molar-refractivity contribution in [3.8, 4) is 0 Å². The largest absolute Gasteiger partial charge is 0.340 e. The molecule has 0 saturated carbocycles. The van der Waals surface area contributed by atoms with Crippen molar-refractivity contribution in [3.05, 3.63) is 16.1 Å². The molecule has 1 aliphatic rings. The maximum Gasteiger partial charge on any atom is 0.223 e. The fourth-order valence-electron chi connectivity index (χ4n) is 2.58. The first-order valence-corrected chi connectivity index (χ1v) is 10.0. The second-order valence-electron chi connectivity index (χ2n) is 5.90. The molecule has 1 aromatic rings. The minimum absolute atomic E-state index is 0.0456. The summed E-state index contributed by atoms with van der Waals surface area (Å²) in [5, 5.41) is 2.97. The highest BCUT2D eigenvalue weighted by atomic mass is 32.2. The number of carbonyl (C=O) groups excluding carboxylic acids is 1. The third-order valence-corrected chi connectivity index (χ3v) is 6.57. The Morgan fingerprint density at radius 3 is 2.73 bits per heavy atom. The highest BCUT2D eigenvalue weighted by Crippen LogP contribution is 2.17. The second kappa shape index (κ2) is 7.06. The standard InChI is InChI=1S/C14H23N3O3S2/c1-11-15-12(9-21-11)8-17(3)14(18)4-6-16(2)13-5-7-22(19,20)10-13/h9,13H,4-8,10H2,1-3H3. The molecule has 0 bridgehead atoms. The zero-order chi connectivity index (χ0) is 16.3. The van der Waals surface area contributed by atoms with Crippen LogP contribution in [0.5, 0.6) is 0 Å². The molecular weight excluding hydrogens is 322 g/mol. The van der Waals surface area contributed by atoms with E-state index in [1.165, 1.54) is 0 Å². The molecule has 0 radical (unpaired) electrons. The Bertz CT molecular complexity index is 627. The number of carbonyl (C=O) groups is 1. The van der Waals surface area contributed by atoms with Gasteiger partial charge in [-0.1, -0.05) is 0 Å². The van der Waals surface area contributed by atoms with Gasteiger partial charge in [-0.25, -0.2) is 13.4 Å². The van der Waals surface area contributed by atoms with Gasteiger partial charge in [0, 0.05) is 31.4 Å². The van der Waals surface area contributed by atoms with Crippen molar-refractivity contribution in [1.29, 1.82) is 0 Å². The van der Waals surface area contributed by atoms with Crippen LogP contribution in [0.15, 0.2) is 5.38 Å². The minimum Gasteiger partial charge on any atom is -0.340 e. The average molecular weight is 345 g/mol. The third kappa shape index (κ3) is 4.76. The minimum atomic E-state index is -2.88. The van der Waals surface area contributed by atoms with Crippen LogP contribution in [-0.2, 0) is 21.2 Å². The van der Waals surface area contributed by atoms with E-state index in [-0.39, 0.29) is 23.5 Å². The molecule has 6 nitrogen and oxygen atoms in total. The Morgan fingerprint density at radius 2 is 2.18 bits per heavy atom. The van der Waals surface area contributed by atoms with Crippen molar-refractivity contribution in [2.24, 2.45) is 0 Å². The molecule has 0 aromatic carbocycles. The molecule has 8 heteroatoms. The van der Waals surface area contributed by atoms with Gasteiger partial charge in [0.1, 0.15) is 0 Å². The normalized spacial score (nSPS) is 20.5. The molecule has 22 heavy (non-hydrogen) atoms. The van der Waals surface area contributed by atoms with Crippen LogP contribution >= 0.6 is 11.3 Å². The number of hydrogen-bond donors (Lipinski definition) is 0. The number of aryl methyl sites for hydroxylation is 1. The number of hydrogen-bond acceptors (Lipinski definition) is 6. The van der Waals surface area contributed by atoms with Crippen molar-refractivity contribution >= 4 is 27.1 Å². The quantitative estimate of drug-likeness (QED) is 0.767. The second-order valence-corrected chi connectivity index (χ2v) is 9.19. The van der Waals surface area contributed by atoms with Crippen molar-refractivity contribution < 1.29 is 13.2 Å². The first-order chi connectivity index (χ1) is 10.3. The average Bonchev–Trinajstić information content (AvgIpc) is 3.01. The van der Waals surface area contributed by atoms with Crippen molar-refractivity contribution in [1.82, 2.24) is 14.8 Å². The van der Waals surface area contributed by atoms with E-state index in [0.29, 0.717) is 25.9 Å². The smallest absolute Gasteiger partial charge is 0.223 e. The van der Waals surface area contributed by atoms with Crippen molar-refractivity contribution in [3.63, 3.8) is 0 Å². The fourth-order valence-corrected chi connectivity index (χ4v) is 4.99. The molecule has 1 atom stereocenters. The van der Waals surface area contributed by atoms with E-state index in [4.69, 9.17) is 0 Å². The summed E-state index contributed by atoms with van der Waals surface area (Å²) in [6, 6.07) is 0.0456. The molecule has 1 aliphatic heterocycles. The monoisotopic (exact) mass is 345 g/mol. The molecule has 2 rings (SSSR count). The summed E-state index contributed by atoms with van der Waals surface area (Å²) in [4.78, 5) is 20.2. The topological polar surface area (TPSA) is 70.6 Å². The SMILES string of the molecule is Cc1nc(CN(C)C(=O)CCN(C)C2CCS(=O)(=O)C2)cs1. The van der Waals surface area contributed by atoms with E-state index in [1.54, 1.807) is 23.3 Å². The van der Waals surface area contributed by atoms with Gasteiger partial charge in [0.25, 0.3) is 0 Å². The van der Waals surface area contributed by atoms with Crippen LogP contribution < -0.4 is 0 Å². The summed E-state index contributed by atoms with van der Waals surface area (Å²) < 4.78 is 23.0. The molecule has 1 unspecified atom stereocenters. The summed E-state index contributed by atoms with van der Waals surface area (Å²) in [6.07, 6.45) is 1.06. The predicted molar refractivity (Wildman–Crippen MR) is 87.6 cm³/mol. The summed E-state index contributed by atoms with van der Waals surface area (Å²) in [7, 11) is 0.788. The molecule has 124 valence electrons. The van der Waals surface area contributed by atoms with E-state index in [0.717, 1.165) is 10.7 Å². The lowest BCUT2D eigenvalue weighted by Crippen LogP contribution is -2.36. The molecule has 1 aromatic heterocycles. The number of amides is 1. The Hall–Kier alpha value is -0.990. The lowest BCUT2D eigenvalue weighted by atomic mass is 10.2. The number of rotatable bonds is 6. The molecule has 1 fully saturated rings. The van der Waals surface area contributed by atoms with Gasteiger partial charge in [-0.15, -0.1) is 11.3 Å². The van der Waals surface area contributed by atoms with Crippen LogP contribution in [0.2, 0.25) is 0 Å². The summed E-state index contributed by atoms with van der Waals surface area (Å²) >= 11 is 1.58. The summed E-state index contributed by atoms with van der Waals surface area (Å²) in [5.74, 6) is 0.531. The number of sulfone groups is 1. The lowest BCUT2D eigenvalue weighted by Gasteiger charge is -2.24. The van der Waals surface area contributed by atoms with Gasteiger partial charge in [0.15, 0.2) is 9.84 Å². The van der Waals surface area contributed by atoms with E-state index < -0.39 is 9.84 Å². The zero-order valence-corrected chi connectivity index (χ0v) is 14.9. The van der Waals surface area contributed by atoms with Crippen LogP contribution in [0.25, 0.3) is 0 Å². The number of aromatic nitrogens is 1. The molecule has 0 N–H and O–H groups in total. The lowest BCUT2D eigenvalue weighted by molar-refractivity contribution is -0.130. The Kier molecular flexibility index (Phi) is 5.57. The third-order valence-electron chi connectivity index (χ3n) is 4.00. The maximum absolute atomic E-state index is 12.2. The van der Waals surface area contributed by atoms with Gasteiger partial charge in [0.05, 0.1) is 28.8 Å². The first kappa shape index (κ1) is 17.4. The molecule has 0 aliphatic carbocycles. The van der Waals surface area contributed by atoms with Crippen LogP contribution in [0.4, 0.5) is 0 Å². The molecule has 0 spiro atoms. The maximum atomic E-state index is 12.2. The van der Waals surface area contributed by atoms with Crippen LogP contribution in [0, 0.1) is 6.92 Å². The first-order valence-electron chi connectivity index (χ1n) is 7.32.